The summed E-state index contributed by atoms with van der Waals surface area (Å²) in [5, 5.41) is 5.22. The number of carbonyl (C=O) groups is 1. The maximum atomic E-state index is 12.9. The van der Waals surface area contributed by atoms with Crippen LogP contribution < -0.4 is 10.1 Å². The van der Waals surface area contributed by atoms with Gasteiger partial charge in [0.1, 0.15) is 16.8 Å². The third-order valence-electron chi connectivity index (χ3n) is 4.70. The molecule has 0 atom stereocenters. The molecule has 0 unspecified atom stereocenters. The van der Waals surface area contributed by atoms with E-state index in [2.05, 4.69) is 10.3 Å². The van der Waals surface area contributed by atoms with Crippen molar-refractivity contribution in [2.75, 3.05) is 11.9 Å². The molecule has 142 valence electrons. The van der Waals surface area contributed by atoms with E-state index in [0.29, 0.717) is 34.2 Å². The van der Waals surface area contributed by atoms with Gasteiger partial charge < -0.3 is 14.5 Å². The lowest BCUT2D eigenvalue weighted by Crippen LogP contribution is -2.12. The van der Waals surface area contributed by atoms with Crippen LogP contribution in [0.3, 0.4) is 0 Å². The van der Waals surface area contributed by atoms with Crippen molar-refractivity contribution in [1.82, 2.24) is 4.98 Å². The van der Waals surface area contributed by atoms with E-state index in [4.69, 9.17) is 20.8 Å². The number of furan rings is 1. The number of hydrogen-bond donors (Lipinski definition) is 1. The van der Waals surface area contributed by atoms with E-state index >= 15 is 0 Å². The number of ether oxygens (including phenoxy) is 1. The van der Waals surface area contributed by atoms with E-state index < -0.39 is 0 Å². The number of anilines is 1. The van der Waals surface area contributed by atoms with Crippen LogP contribution in [0.15, 0.2) is 47.0 Å². The Morgan fingerprint density at radius 2 is 2.04 bits per heavy atom. The quantitative estimate of drug-likeness (QED) is 0.467. The molecule has 2 aromatic carbocycles. The average Bonchev–Trinajstić information content (AvgIpc) is 3.00. The van der Waals surface area contributed by atoms with E-state index in [9.17, 15) is 4.79 Å². The summed E-state index contributed by atoms with van der Waals surface area (Å²) in [4.78, 5) is 17.3. The second kappa shape index (κ2) is 7.17. The number of aromatic nitrogens is 1. The molecule has 4 aromatic rings. The van der Waals surface area contributed by atoms with Gasteiger partial charge in [-0.1, -0.05) is 11.6 Å². The van der Waals surface area contributed by atoms with Gasteiger partial charge in [-0.15, -0.1) is 0 Å². The maximum absolute atomic E-state index is 12.9. The highest BCUT2D eigenvalue weighted by Gasteiger charge is 2.20. The molecule has 4 rings (SSSR count). The van der Waals surface area contributed by atoms with Crippen LogP contribution in [0.5, 0.6) is 5.75 Å². The summed E-state index contributed by atoms with van der Waals surface area (Å²) in [6.07, 6.45) is 1.70. The highest BCUT2D eigenvalue weighted by atomic mass is 35.5. The monoisotopic (exact) mass is 394 g/mol. The van der Waals surface area contributed by atoms with Crippen molar-refractivity contribution in [3.8, 4) is 5.75 Å². The normalized spacial score (nSPS) is 11.1. The van der Waals surface area contributed by atoms with E-state index in [-0.39, 0.29) is 11.7 Å². The Morgan fingerprint density at radius 3 is 2.82 bits per heavy atom. The van der Waals surface area contributed by atoms with Gasteiger partial charge >= 0.3 is 0 Å². The zero-order valence-corrected chi connectivity index (χ0v) is 16.6. The molecular weight excluding hydrogens is 376 g/mol. The highest BCUT2D eigenvalue weighted by Crippen LogP contribution is 2.33. The molecule has 0 fully saturated rings. The van der Waals surface area contributed by atoms with E-state index in [1.165, 1.54) is 0 Å². The van der Waals surface area contributed by atoms with Crippen LogP contribution in [0, 0.1) is 13.8 Å². The molecule has 1 amide bonds. The van der Waals surface area contributed by atoms with Crippen LogP contribution in [0.4, 0.5) is 5.69 Å². The minimum absolute atomic E-state index is 0.266. The molecule has 5 nitrogen and oxygen atoms in total. The number of amides is 1. The van der Waals surface area contributed by atoms with Crippen LogP contribution in [0.2, 0.25) is 5.02 Å². The van der Waals surface area contributed by atoms with Gasteiger partial charge in [-0.2, -0.15) is 0 Å². The molecule has 28 heavy (non-hydrogen) atoms. The first kappa shape index (κ1) is 18.3. The van der Waals surface area contributed by atoms with Crippen molar-refractivity contribution >= 4 is 45.1 Å². The fourth-order valence-corrected chi connectivity index (χ4v) is 3.43. The smallest absolute Gasteiger partial charge is 0.291 e. The van der Waals surface area contributed by atoms with Crippen molar-refractivity contribution in [2.45, 2.75) is 20.8 Å². The second-order valence-corrected chi connectivity index (χ2v) is 6.96. The SMILES string of the molecule is CCOc1ccc(NC(=O)c2oc3cc(C)c(Cl)cc3c2C)c2cccnc12. The molecule has 0 saturated carbocycles. The Labute approximate surface area is 167 Å². The first-order chi connectivity index (χ1) is 13.5. The van der Waals surface area contributed by atoms with Crippen LogP contribution >= 0.6 is 11.6 Å². The van der Waals surface area contributed by atoms with Gasteiger partial charge in [-0.3, -0.25) is 9.78 Å². The molecule has 0 bridgehead atoms. The molecule has 0 spiro atoms. The third-order valence-corrected chi connectivity index (χ3v) is 5.11. The topological polar surface area (TPSA) is 64.4 Å². The fourth-order valence-electron chi connectivity index (χ4n) is 3.26. The second-order valence-electron chi connectivity index (χ2n) is 6.55. The van der Waals surface area contributed by atoms with Crippen molar-refractivity contribution in [1.29, 1.82) is 0 Å². The van der Waals surface area contributed by atoms with Gasteiger partial charge in [0.15, 0.2) is 5.76 Å². The predicted octanol–water partition coefficient (Wildman–Crippen LogP) is 5.90. The Morgan fingerprint density at radius 1 is 1.21 bits per heavy atom. The molecule has 1 N–H and O–H groups in total. The Hall–Kier alpha value is -3.05. The fraction of sp³-hybridized carbons (Fsp3) is 0.182. The van der Waals surface area contributed by atoms with E-state index in [0.717, 1.165) is 21.9 Å². The largest absolute Gasteiger partial charge is 0.492 e. The average molecular weight is 395 g/mol. The minimum atomic E-state index is -0.322. The number of nitrogens with zero attached hydrogens (tertiary/aromatic N) is 1. The number of fused-ring (bicyclic) bond motifs is 2. The van der Waals surface area contributed by atoms with Crippen molar-refractivity contribution < 1.29 is 13.9 Å². The number of benzene rings is 2. The molecule has 2 heterocycles. The number of pyridine rings is 1. The summed E-state index contributed by atoms with van der Waals surface area (Å²) in [6.45, 7) is 6.21. The van der Waals surface area contributed by atoms with E-state index in [1.807, 2.05) is 57.2 Å². The van der Waals surface area contributed by atoms with Gasteiger partial charge in [-0.05, 0) is 62.7 Å². The summed E-state index contributed by atoms with van der Waals surface area (Å²) in [6, 6.07) is 11.0. The molecule has 0 aliphatic heterocycles. The van der Waals surface area contributed by atoms with Crippen LogP contribution in [-0.2, 0) is 0 Å². The summed E-state index contributed by atoms with van der Waals surface area (Å²) < 4.78 is 11.5. The van der Waals surface area contributed by atoms with Gasteiger partial charge in [0.25, 0.3) is 5.91 Å². The lowest BCUT2D eigenvalue weighted by molar-refractivity contribution is 0.0998. The zero-order chi connectivity index (χ0) is 19.8. The Kier molecular flexibility index (Phi) is 4.69. The van der Waals surface area contributed by atoms with Gasteiger partial charge in [-0.25, -0.2) is 0 Å². The number of hydrogen-bond acceptors (Lipinski definition) is 4. The van der Waals surface area contributed by atoms with Crippen molar-refractivity contribution in [3.05, 3.63) is 64.5 Å². The Balaban J connectivity index is 1.74. The molecule has 6 heteroatoms. The number of rotatable bonds is 4. The molecule has 0 saturated heterocycles. The summed E-state index contributed by atoms with van der Waals surface area (Å²) >= 11 is 6.22. The first-order valence-corrected chi connectivity index (χ1v) is 9.38. The van der Waals surface area contributed by atoms with Gasteiger partial charge in [0, 0.05) is 27.6 Å². The third kappa shape index (κ3) is 3.08. The van der Waals surface area contributed by atoms with E-state index in [1.54, 1.807) is 6.20 Å². The molecule has 2 aromatic heterocycles. The Bertz CT molecular complexity index is 1210. The predicted molar refractivity (Wildman–Crippen MR) is 112 cm³/mol. The van der Waals surface area contributed by atoms with Gasteiger partial charge in [0.05, 0.1) is 12.3 Å². The van der Waals surface area contributed by atoms with Crippen molar-refractivity contribution in [3.63, 3.8) is 0 Å². The number of aryl methyl sites for hydroxylation is 2. The molecule has 0 aliphatic carbocycles. The standard InChI is InChI=1S/C22H19ClN2O3/c1-4-27-18-8-7-17(14-6-5-9-24-20(14)18)25-22(26)21-13(3)15-11-16(23)12(2)10-19(15)28-21/h5-11H,4H2,1-3H3,(H,25,26). The molecular formula is C22H19ClN2O3. The van der Waals surface area contributed by atoms with Crippen LogP contribution in [-0.4, -0.2) is 17.5 Å². The summed E-state index contributed by atoms with van der Waals surface area (Å²) in [5.41, 5.74) is 3.64. The maximum Gasteiger partial charge on any atom is 0.291 e. The van der Waals surface area contributed by atoms with Crippen LogP contribution in [0.25, 0.3) is 21.9 Å². The molecule has 0 aliphatic rings. The van der Waals surface area contributed by atoms with Crippen LogP contribution in [0.1, 0.15) is 28.6 Å². The summed E-state index contributed by atoms with van der Waals surface area (Å²) in [5.74, 6) is 0.625. The van der Waals surface area contributed by atoms with Crippen molar-refractivity contribution in [2.24, 2.45) is 0 Å². The molecule has 0 radical (unpaired) electrons. The number of nitrogens with one attached hydrogen (secondary N) is 1. The minimum Gasteiger partial charge on any atom is -0.492 e. The zero-order valence-electron chi connectivity index (χ0n) is 15.8. The summed E-state index contributed by atoms with van der Waals surface area (Å²) in [7, 11) is 0. The number of carbonyl (C=O) groups excluding carboxylic acids is 1. The first-order valence-electron chi connectivity index (χ1n) is 9.00. The lowest BCUT2D eigenvalue weighted by atomic mass is 10.1. The van der Waals surface area contributed by atoms with Gasteiger partial charge in [0.2, 0.25) is 0 Å². The number of halogens is 1. The lowest BCUT2D eigenvalue weighted by Gasteiger charge is -2.11. The highest BCUT2D eigenvalue weighted by molar-refractivity contribution is 6.32.